The van der Waals surface area contributed by atoms with Gasteiger partial charge in [0.1, 0.15) is 0 Å². The van der Waals surface area contributed by atoms with E-state index in [2.05, 4.69) is 36.5 Å². The molecule has 1 unspecified atom stereocenters. The van der Waals surface area contributed by atoms with Gasteiger partial charge in [0.15, 0.2) is 0 Å². The maximum absolute atomic E-state index is 9.70. The number of rotatable bonds is 6. The lowest BCUT2D eigenvalue weighted by atomic mass is 9.63. The molecule has 0 spiro atoms. The van der Waals surface area contributed by atoms with Gasteiger partial charge in [0.25, 0.3) is 0 Å². The van der Waals surface area contributed by atoms with E-state index in [1.54, 1.807) is 0 Å². The number of aliphatic hydroxyl groups excluding tert-OH is 1. The van der Waals surface area contributed by atoms with Gasteiger partial charge in [-0.25, -0.2) is 0 Å². The Labute approximate surface area is 110 Å². The van der Waals surface area contributed by atoms with E-state index in [4.69, 9.17) is 0 Å². The van der Waals surface area contributed by atoms with Crippen LogP contribution in [0.1, 0.15) is 49.8 Å². The highest BCUT2D eigenvalue weighted by Crippen LogP contribution is 2.49. The van der Waals surface area contributed by atoms with Gasteiger partial charge in [-0.15, -0.1) is 0 Å². The van der Waals surface area contributed by atoms with Crippen molar-refractivity contribution in [3.05, 3.63) is 35.4 Å². The first kappa shape index (κ1) is 13.6. The van der Waals surface area contributed by atoms with E-state index in [-0.39, 0.29) is 18.1 Å². The molecule has 1 aliphatic rings. The van der Waals surface area contributed by atoms with Crippen molar-refractivity contribution in [2.75, 3.05) is 13.7 Å². The molecule has 2 N–H and O–H groups in total. The van der Waals surface area contributed by atoms with E-state index in [1.165, 1.54) is 24.0 Å². The summed E-state index contributed by atoms with van der Waals surface area (Å²) < 4.78 is 0. The molecular formula is C16H25NO. The molecular weight excluding hydrogens is 222 g/mol. The fraction of sp³-hybridized carbons (Fsp3) is 0.625. The summed E-state index contributed by atoms with van der Waals surface area (Å²) in [5, 5.41) is 13.1. The van der Waals surface area contributed by atoms with Crippen LogP contribution in [0.15, 0.2) is 24.3 Å². The summed E-state index contributed by atoms with van der Waals surface area (Å²) in [6, 6.07) is 9.19. The predicted molar refractivity (Wildman–Crippen MR) is 75.6 cm³/mol. The zero-order chi connectivity index (χ0) is 13.0. The SMILES string of the molecule is CCCc1ccc(C(NC)C2(CO)CCC2)cc1. The first-order chi connectivity index (χ1) is 8.75. The van der Waals surface area contributed by atoms with E-state index in [0.29, 0.717) is 0 Å². The van der Waals surface area contributed by atoms with Crippen molar-refractivity contribution >= 4 is 0 Å². The molecule has 1 aliphatic carbocycles. The summed E-state index contributed by atoms with van der Waals surface area (Å²) >= 11 is 0. The molecule has 18 heavy (non-hydrogen) atoms. The second-order valence-corrected chi connectivity index (χ2v) is 5.59. The van der Waals surface area contributed by atoms with Crippen LogP contribution in [0.3, 0.4) is 0 Å². The molecule has 100 valence electrons. The van der Waals surface area contributed by atoms with Crippen LogP contribution in [0.5, 0.6) is 0 Å². The first-order valence-corrected chi connectivity index (χ1v) is 7.12. The normalized spacial score (nSPS) is 19.3. The molecule has 0 bridgehead atoms. The molecule has 0 aliphatic heterocycles. The molecule has 1 aromatic rings. The summed E-state index contributed by atoms with van der Waals surface area (Å²) in [6.07, 6.45) is 5.84. The Morgan fingerprint density at radius 1 is 1.28 bits per heavy atom. The van der Waals surface area contributed by atoms with Crippen LogP contribution in [-0.2, 0) is 6.42 Å². The van der Waals surface area contributed by atoms with E-state index in [0.717, 1.165) is 19.3 Å². The van der Waals surface area contributed by atoms with Gasteiger partial charge in [0, 0.05) is 11.5 Å². The average Bonchev–Trinajstić information content (AvgIpc) is 2.35. The molecule has 1 saturated carbocycles. The summed E-state index contributed by atoms with van der Waals surface area (Å²) in [5.74, 6) is 0. The fourth-order valence-electron chi connectivity index (χ4n) is 3.16. The Kier molecular flexibility index (Phi) is 4.41. The third-order valence-electron chi connectivity index (χ3n) is 4.42. The lowest BCUT2D eigenvalue weighted by Gasteiger charge is -2.46. The second-order valence-electron chi connectivity index (χ2n) is 5.59. The van der Waals surface area contributed by atoms with E-state index >= 15 is 0 Å². The van der Waals surface area contributed by atoms with Crippen molar-refractivity contribution in [1.82, 2.24) is 5.32 Å². The molecule has 0 saturated heterocycles. The number of hydrogen-bond acceptors (Lipinski definition) is 2. The maximum atomic E-state index is 9.70. The van der Waals surface area contributed by atoms with E-state index in [9.17, 15) is 5.11 Å². The number of hydrogen-bond donors (Lipinski definition) is 2. The lowest BCUT2D eigenvalue weighted by Crippen LogP contribution is -2.44. The van der Waals surface area contributed by atoms with Gasteiger partial charge < -0.3 is 10.4 Å². The molecule has 1 atom stereocenters. The van der Waals surface area contributed by atoms with Crippen LogP contribution in [-0.4, -0.2) is 18.8 Å². The number of benzene rings is 1. The van der Waals surface area contributed by atoms with Crippen LogP contribution >= 0.6 is 0 Å². The quantitative estimate of drug-likeness (QED) is 0.809. The minimum atomic E-state index is 0.0705. The van der Waals surface area contributed by atoms with Gasteiger partial charge in [-0.1, -0.05) is 44.0 Å². The van der Waals surface area contributed by atoms with Gasteiger partial charge in [0.2, 0.25) is 0 Å². The van der Waals surface area contributed by atoms with Crippen molar-refractivity contribution in [3.8, 4) is 0 Å². The van der Waals surface area contributed by atoms with Crippen LogP contribution < -0.4 is 5.32 Å². The summed E-state index contributed by atoms with van der Waals surface area (Å²) in [4.78, 5) is 0. The number of aryl methyl sites for hydroxylation is 1. The Balaban J connectivity index is 2.17. The van der Waals surface area contributed by atoms with Crippen molar-refractivity contribution in [2.45, 2.75) is 45.1 Å². The largest absolute Gasteiger partial charge is 0.396 e. The summed E-state index contributed by atoms with van der Waals surface area (Å²) in [5.41, 5.74) is 2.79. The minimum absolute atomic E-state index is 0.0705. The minimum Gasteiger partial charge on any atom is -0.396 e. The topological polar surface area (TPSA) is 32.3 Å². The standard InChI is InChI=1S/C16H25NO/c1-3-5-13-6-8-14(9-7-13)15(17-2)16(12-18)10-4-11-16/h6-9,15,17-18H,3-5,10-12H2,1-2H3. The highest BCUT2D eigenvalue weighted by Gasteiger charge is 2.43. The molecule has 2 rings (SSSR count). The van der Waals surface area contributed by atoms with E-state index < -0.39 is 0 Å². The molecule has 2 nitrogen and oxygen atoms in total. The average molecular weight is 247 g/mol. The van der Waals surface area contributed by atoms with Crippen molar-refractivity contribution in [1.29, 1.82) is 0 Å². The van der Waals surface area contributed by atoms with Crippen molar-refractivity contribution in [3.63, 3.8) is 0 Å². The Hall–Kier alpha value is -0.860. The summed E-state index contributed by atoms with van der Waals surface area (Å²) in [7, 11) is 2.00. The molecule has 1 aromatic carbocycles. The second kappa shape index (κ2) is 5.85. The van der Waals surface area contributed by atoms with E-state index in [1.807, 2.05) is 7.05 Å². The Bertz CT molecular complexity index is 362. The molecule has 0 radical (unpaired) electrons. The number of aliphatic hydroxyl groups is 1. The van der Waals surface area contributed by atoms with Crippen molar-refractivity contribution < 1.29 is 5.11 Å². The van der Waals surface area contributed by atoms with Crippen molar-refractivity contribution in [2.24, 2.45) is 5.41 Å². The fourth-order valence-corrected chi connectivity index (χ4v) is 3.16. The van der Waals surface area contributed by atoms with Gasteiger partial charge >= 0.3 is 0 Å². The zero-order valence-electron chi connectivity index (χ0n) is 11.6. The Morgan fingerprint density at radius 3 is 2.33 bits per heavy atom. The molecule has 0 amide bonds. The van der Waals surface area contributed by atoms with Gasteiger partial charge in [-0.05, 0) is 37.4 Å². The molecule has 0 aromatic heterocycles. The number of nitrogens with one attached hydrogen (secondary N) is 1. The van der Waals surface area contributed by atoms with Gasteiger partial charge in [-0.2, -0.15) is 0 Å². The van der Waals surface area contributed by atoms with Crippen LogP contribution in [0, 0.1) is 5.41 Å². The highest BCUT2D eigenvalue weighted by atomic mass is 16.3. The van der Waals surface area contributed by atoms with Gasteiger partial charge in [0.05, 0.1) is 6.61 Å². The van der Waals surface area contributed by atoms with Crippen LogP contribution in [0.25, 0.3) is 0 Å². The summed E-state index contributed by atoms with van der Waals surface area (Å²) in [6.45, 7) is 2.49. The smallest absolute Gasteiger partial charge is 0.0505 e. The molecule has 2 heteroatoms. The predicted octanol–water partition coefficient (Wildman–Crippen LogP) is 3.06. The Morgan fingerprint density at radius 2 is 1.94 bits per heavy atom. The zero-order valence-corrected chi connectivity index (χ0v) is 11.6. The third kappa shape index (κ3) is 2.45. The highest BCUT2D eigenvalue weighted by molar-refractivity contribution is 5.27. The first-order valence-electron chi connectivity index (χ1n) is 7.12. The molecule has 1 fully saturated rings. The third-order valence-corrected chi connectivity index (χ3v) is 4.42. The van der Waals surface area contributed by atoms with Crippen LogP contribution in [0.2, 0.25) is 0 Å². The van der Waals surface area contributed by atoms with Gasteiger partial charge in [-0.3, -0.25) is 0 Å². The monoisotopic (exact) mass is 247 g/mol. The molecule has 0 heterocycles. The lowest BCUT2D eigenvalue weighted by molar-refractivity contribution is 0.00783. The maximum Gasteiger partial charge on any atom is 0.0505 e. The van der Waals surface area contributed by atoms with Crippen LogP contribution in [0.4, 0.5) is 0 Å².